The van der Waals surface area contributed by atoms with Crippen molar-refractivity contribution in [3.8, 4) is 0 Å². The van der Waals surface area contributed by atoms with Crippen LogP contribution in [-0.4, -0.2) is 37.8 Å². The number of hydrogen-bond acceptors (Lipinski definition) is 7. The number of nitrogens with zero attached hydrogens (tertiary/aromatic N) is 3. The fourth-order valence-corrected chi connectivity index (χ4v) is 4.82. The summed E-state index contributed by atoms with van der Waals surface area (Å²) in [5, 5.41) is 12.0. The molecule has 0 aliphatic carbocycles. The number of thioether (sulfide) groups is 1. The minimum absolute atomic E-state index is 0.0680. The zero-order valence-electron chi connectivity index (χ0n) is 15.8. The van der Waals surface area contributed by atoms with Gasteiger partial charge in [0.25, 0.3) is 5.91 Å². The van der Waals surface area contributed by atoms with E-state index in [0.29, 0.717) is 25.8 Å². The van der Waals surface area contributed by atoms with Gasteiger partial charge in [0.15, 0.2) is 0 Å². The average Bonchev–Trinajstić information content (AvgIpc) is 3.19. The minimum atomic E-state index is -0.411. The van der Waals surface area contributed by atoms with Crippen molar-refractivity contribution in [3.63, 3.8) is 0 Å². The maximum absolute atomic E-state index is 13.8. The number of rotatable bonds is 7. The highest BCUT2D eigenvalue weighted by Crippen LogP contribution is 2.33. The van der Waals surface area contributed by atoms with Crippen molar-refractivity contribution >= 4 is 62.7 Å². The number of thiocarbonyl (C=S) groups is 1. The van der Waals surface area contributed by atoms with Crippen LogP contribution in [0.5, 0.6) is 0 Å². The van der Waals surface area contributed by atoms with Gasteiger partial charge in [-0.2, -0.15) is 0 Å². The molecule has 1 N–H and O–H groups in total. The van der Waals surface area contributed by atoms with Crippen LogP contribution in [0, 0.1) is 11.7 Å². The largest absolute Gasteiger partial charge is 0.300 e. The van der Waals surface area contributed by atoms with Crippen LogP contribution in [0.15, 0.2) is 29.2 Å². The fourth-order valence-electron chi connectivity index (χ4n) is 2.56. The van der Waals surface area contributed by atoms with E-state index in [0.717, 1.165) is 23.2 Å². The molecule has 2 aromatic rings. The van der Waals surface area contributed by atoms with E-state index >= 15 is 0 Å². The number of nitrogens with one attached hydrogen (secondary N) is 1. The van der Waals surface area contributed by atoms with Gasteiger partial charge in [-0.3, -0.25) is 14.5 Å². The van der Waals surface area contributed by atoms with Crippen molar-refractivity contribution in [1.82, 2.24) is 15.1 Å². The second-order valence-electron chi connectivity index (χ2n) is 6.75. The summed E-state index contributed by atoms with van der Waals surface area (Å²) in [4.78, 5) is 26.5. The Morgan fingerprint density at radius 1 is 1.34 bits per heavy atom. The number of aromatic nitrogens is 2. The second-order valence-corrected chi connectivity index (χ2v) is 9.49. The first-order chi connectivity index (χ1) is 13.8. The summed E-state index contributed by atoms with van der Waals surface area (Å²) in [5.41, 5.74) is 0.319. The van der Waals surface area contributed by atoms with E-state index in [1.54, 1.807) is 18.2 Å². The Hall–Kier alpha value is -2.17. The van der Waals surface area contributed by atoms with Crippen molar-refractivity contribution in [3.05, 3.63) is 45.6 Å². The van der Waals surface area contributed by atoms with Crippen LogP contribution in [-0.2, 0) is 16.0 Å². The number of halogens is 1. The molecule has 1 aliphatic rings. The Bertz CT molecular complexity index is 974. The Morgan fingerprint density at radius 3 is 2.83 bits per heavy atom. The lowest BCUT2D eigenvalue weighted by Crippen LogP contribution is -2.31. The van der Waals surface area contributed by atoms with Crippen molar-refractivity contribution in [2.75, 3.05) is 11.9 Å². The van der Waals surface area contributed by atoms with Crippen molar-refractivity contribution in [2.45, 2.75) is 26.7 Å². The van der Waals surface area contributed by atoms with Gasteiger partial charge in [0.2, 0.25) is 11.0 Å². The van der Waals surface area contributed by atoms with Crippen LogP contribution < -0.4 is 5.32 Å². The summed E-state index contributed by atoms with van der Waals surface area (Å²) in [5.74, 6) is -0.556. The Morgan fingerprint density at radius 2 is 2.10 bits per heavy atom. The molecule has 1 fully saturated rings. The Labute approximate surface area is 181 Å². The van der Waals surface area contributed by atoms with Gasteiger partial charge >= 0.3 is 0 Å². The van der Waals surface area contributed by atoms with Gasteiger partial charge in [0, 0.05) is 24.9 Å². The lowest BCUT2D eigenvalue weighted by Gasteiger charge is -2.13. The lowest BCUT2D eigenvalue weighted by molar-refractivity contribution is -0.122. The molecule has 0 atom stereocenters. The highest BCUT2D eigenvalue weighted by molar-refractivity contribution is 8.26. The first kappa shape index (κ1) is 21.5. The molecule has 10 heteroatoms. The molecule has 1 saturated heterocycles. The number of anilines is 1. The molecule has 2 amide bonds. The van der Waals surface area contributed by atoms with Gasteiger partial charge in [-0.25, -0.2) is 4.39 Å². The molecular weight excluding hydrogens is 431 g/mol. The monoisotopic (exact) mass is 450 g/mol. The zero-order valence-corrected chi connectivity index (χ0v) is 18.3. The molecule has 0 saturated carbocycles. The molecule has 6 nitrogen and oxygen atoms in total. The minimum Gasteiger partial charge on any atom is -0.300 e. The number of hydrogen-bond donors (Lipinski definition) is 1. The molecule has 3 rings (SSSR count). The van der Waals surface area contributed by atoms with Crippen LogP contribution >= 0.6 is 35.3 Å². The van der Waals surface area contributed by atoms with E-state index in [4.69, 9.17) is 12.2 Å². The van der Waals surface area contributed by atoms with Gasteiger partial charge in [-0.05, 0) is 18.1 Å². The molecule has 29 heavy (non-hydrogen) atoms. The first-order valence-corrected chi connectivity index (χ1v) is 11.0. The highest BCUT2D eigenvalue weighted by atomic mass is 32.2. The van der Waals surface area contributed by atoms with Crippen molar-refractivity contribution in [2.24, 2.45) is 5.92 Å². The SMILES string of the molecule is CC(C)Cc1nnc(NC(=O)CCN2C(=O)/C(=C\c3ccccc3F)SC2=S)s1. The molecule has 1 aromatic heterocycles. The van der Waals surface area contributed by atoms with Crippen molar-refractivity contribution in [1.29, 1.82) is 0 Å². The van der Waals surface area contributed by atoms with Crippen LogP contribution in [0.1, 0.15) is 30.8 Å². The molecule has 1 aliphatic heterocycles. The molecule has 0 spiro atoms. The highest BCUT2D eigenvalue weighted by Gasteiger charge is 2.32. The first-order valence-electron chi connectivity index (χ1n) is 8.95. The Kier molecular flexibility index (Phi) is 7.09. The van der Waals surface area contributed by atoms with Gasteiger partial charge in [0.1, 0.15) is 15.1 Å². The van der Waals surface area contributed by atoms with E-state index in [-0.39, 0.29) is 24.8 Å². The fraction of sp³-hybridized carbons (Fsp3) is 0.316. The quantitative estimate of drug-likeness (QED) is 0.506. The van der Waals surface area contributed by atoms with Crippen LogP contribution in [0.25, 0.3) is 6.08 Å². The van der Waals surface area contributed by atoms with Gasteiger partial charge < -0.3 is 5.32 Å². The third-order valence-corrected chi connectivity index (χ3v) is 6.16. The maximum Gasteiger partial charge on any atom is 0.266 e. The van der Waals surface area contributed by atoms with E-state index < -0.39 is 5.82 Å². The predicted octanol–water partition coefficient (Wildman–Crippen LogP) is 4.11. The van der Waals surface area contributed by atoms with Gasteiger partial charge in [-0.15, -0.1) is 10.2 Å². The van der Waals surface area contributed by atoms with E-state index in [1.807, 2.05) is 0 Å². The smallest absolute Gasteiger partial charge is 0.266 e. The second kappa shape index (κ2) is 9.55. The van der Waals surface area contributed by atoms with E-state index in [9.17, 15) is 14.0 Å². The van der Waals surface area contributed by atoms with E-state index in [2.05, 4.69) is 29.4 Å². The van der Waals surface area contributed by atoms with E-state index in [1.165, 1.54) is 28.4 Å². The topological polar surface area (TPSA) is 75.2 Å². The number of carbonyl (C=O) groups excluding carboxylic acids is 2. The van der Waals surface area contributed by atoms with Crippen LogP contribution in [0.3, 0.4) is 0 Å². The van der Waals surface area contributed by atoms with Crippen molar-refractivity contribution < 1.29 is 14.0 Å². The summed E-state index contributed by atoms with van der Waals surface area (Å²) < 4.78 is 14.2. The summed E-state index contributed by atoms with van der Waals surface area (Å²) in [7, 11) is 0. The standard InChI is InChI=1S/C19H19FN4O2S3/c1-11(2)9-16-22-23-18(29-16)21-15(25)7-8-24-17(26)14(28-19(24)27)10-12-5-3-4-6-13(12)20/h3-6,10-11H,7-9H2,1-2H3,(H,21,23,25)/b14-10+. The summed E-state index contributed by atoms with van der Waals surface area (Å²) in [6.45, 7) is 4.31. The van der Waals surface area contributed by atoms with Gasteiger partial charge in [-0.1, -0.05) is 67.4 Å². The third-order valence-electron chi connectivity index (χ3n) is 3.92. The molecule has 0 unspecified atom stereocenters. The summed E-state index contributed by atoms with van der Waals surface area (Å²) >= 11 is 7.69. The Balaban J connectivity index is 1.57. The molecule has 0 radical (unpaired) electrons. The number of carbonyl (C=O) groups is 2. The number of amides is 2. The molecule has 0 bridgehead atoms. The predicted molar refractivity (Wildman–Crippen MR) is 118 cm³/mol. The summed E-state index contributed by atoms with van der Waals surface area (Å²) in [6, 6.07) is 6.20. The molecular formula is C19H19FN4O2S3. The third kappa shape index (κ3) is 5.68. The van der Waals surface area contributed by atoms with Crippen LogP contribution in [0.2, 0.25) is 0 Å². The zero-order chi connectivity index (χ0) is 21.0. The maximum atomic E-state index is 13.8. The summed E-state index contributed by atoms with van der Waals surface area (Å²) in [6.07, 6.45) is 2.35. The van der Waals surface area contributed by atoms with Crippen LogP contribution in [0.4, 0.5) is 9.52 Å². The molecule has 152 valence electrons. The molecule has 2 heterocycles. The molecule has 1 aromatic carbocycles. The average molecular weight is 451 g/mol. The lowest BCUT2D eigenvalue weighted by atomic mass is 10.1. The van der Waals surface area contributed by atoms with Gasteiger partial charge in [0.05, 0.1) is 4.91 Å². The normalized spacial score (nSPS) is 15.6. The number of benzene rings is 1.